The largest absolute Gasteiger partial charge is 0.463 e. The highest BCUT2D eigenvalue weighted by Gasteiger charge is 2.21. The minimum Gasteiger partial charge on any atom is -0.463 e. The van der Waals surface area contributed by atoms with Crippen molar-refractivity contribution in [1.82, 2.24) is 9.78 Å². The first-order valence-corrected chi connectivity index (χ1v) is 4.75. The van der Waals surface area contributed by atoms with E-state index in [9.17, 15) is 23.7 Å². The second-order valence-electron chi connectivity index (χ2n) is 3.34. The summed E-state index contributed by atoms with van der Waals surface area (Å²) in [5.41, 5.74) is -0.481. The van der Waals surface area contributed by atoms with E-state index in [1.807, 2.05) is 0 Å². The van der Waals surface area contributed by atoms with Gasteiger partial charge in [-0.2, -0.15) is 13.5 Å². The summed E-state index contributed by atoms with van der Waals surface area (Å²) in [6.45, 7) is -3.22. The zero-order valence-corrected chi connectivity index (χ0v) is 8.99. The van der Waals surface area contributed by atoms with Crippen molar-refractivity contribution < 1.29 is 28.3 Å². The molecule has 1 heterocycles. The van der Waals surface area contributed by atoms with Crippen LogP contribution in [-0.2, 0) is 0 Å². The average Bonchev–Trinajstić information content (AvgIpc) is 2.67. The highest BCUT2D eigenvalue weighted by atomic mass is 19.3. The number of benzene rings is 1. The van der Waals surface area contributed by atoms with E-state index in [1.54, 1.807) is 0 Å². The lowest BCUT2D eigenvalue weighted by atomic mass is 10.2. The lowest BCUT2D eigenvalue weighted by molar-refractivity contribution is -0.384. The first-order valence-electron chi connectivity index (χ1n) is 4.75. The molecule has 1 aromatic heterocycles. The Kier molecular flexibility index (Phi) is 2.99. The van der Waals surface area contributed by atoms with Crippen LogP contribution in [0.15, 0.2) is 18.2 Å². The summed E-state index contributed by atoms with van der Waals surface area (Å²) in [4.78, 5) is 20.7. The van der Waals surface area contributed by atoms with Crippen LogP contribution in [0.5, 0.6) is 5.88 Å². The number of non-ortho nitro benzene ring substituents is 1. The number of ether oxygens (including phenoxy) is 1. The predicted molar refractivity (Wildman–Crippen MR) is 56.4 cm³/mol. The van der Waals surface area contributed by atoms with Crippen LogP contribution in [0.25, 0.3) is 10.9 Å². The number of hydrogen-bond donors (Lipinski definition) is 1. The van der Waals surface area contributed by atoms with Crippen LogP contribution in [0.1, 0.15) is 0 Å². The van der Waals surface area contributed by atoms with Crippen molar-refractivity contribution in [2.75, 3.05) is 0 Å². The van der Waals surface area contributed by atoms with Gasteiger partial charge in [0.05, 0.1) is 15.8 Å². The molecular weight excluding hydrogens is 268 g/mol. The fourth-order valence-corrected chi connectivity index (χ4v) is 1.51. The van der Waals surface area contributed by atoms with Crippen LogP contribution in [0.4, 0.5) is 19.3 Å². The molecule has 0 aliphatic rings. The second kappa shape index (κ2) is 4.48. The molecule has 2 aromatic rings. The average molecular weight is 273 g/mol. The van der Waals surface area contributed by atoms with Crippen molar-refractivity contribution in [3.8, 4) is 5.88 Å². The molecule has 0 fully saturated rings. The molecule has 0 aliphatic carbocycles. The fraction of sp³-hybridized carbons (Fsp3) is 0.111. The number of nitrogens with zero attached hydrogens (tertiary/aromatic N) is 3. The molecule has 8 nitrogen and oxygen atoms in total. The van der Waals surface area contributed by atoms with Crippen molar-refractivity contribution in [1.29, 1.82) is 0 Å². The Bertz CT molecular complexity index is 669. The van der Waals surface area contributed by atoms with Gasteiger partial charge >= 0.3 is 12.7 Å². The molecule has 0 aliphatic heterocycles. The van der Waals surface area contributed by atoms with Crippen LogP contribution in [0, 0.1) is 10.1 Å². The topological polar surface area (TPSA) is 107 Å². The van der Waals surface area contributed by atoms with Crippen molar-refractivity contribution >= 4 is 22.7 Å². The smallest absolute Gasteiger partial charge is 0.432 e. The fourth-order valence-electron chi connectivity index (χ4n) is 1.51. The Morgan fingerprint density at radius 2 is 2.21 bits per heavy atom. The molecule has 1 aromatic carbocycles. The molecule has 0 bridgehead atoms. The standard InChI is InChI=1S/C9H5F2N3O5/c10-8(11)19-7-5-3-4(14(17)18)1-2-6(5)13(12-7)9(15)16/h1-3,8H,(H,15,16). The van der Waals surface area contributed by atoms with Gasteiger partial charge in [0.1, 0.15) is 0 Å². The van der Waals surface area contributed by atoms with Crippen LogP contribution >= 0.6 is 0 Å². The molecule has 0 atom stereocenters. The van der Waals surface area contributed by atoms with Crippen molar-refractivity contribution in [2.24, 2.45) is 0 Å². The van der Waals surface area contributed by atoms with Crippen molar-refractivity contribution in [3.05, 3.63) is 28.3 Å². The first kappa shape index (κ1) is 12.7. The van der Waals surface area contributed by atoms with Gasteiger partial charge in [0, 0.05) is 12.1 Å². The van der Waals surface area contributed by atoms with E-state index < -0.39 is 29.2 Å². The Labute approximate surface area is 103 Å². The lowest BCUT2D eigenvalue weighted by Crippen LogP contribution is -2.10. The molecule has 0 saturated carbocycles. The summed E-state index contributed by atoms with van der Waals surface area (Å²) in [5, 5.41) is 22.6. The number of nitro benzene ring substituents is 1. The van der Waals surface area contributed by atoms with Gasteiger partial charge in [-0.15, -0.1) is 5.10 Å². The van der Waals surface area contributed by atoms with Crippen LogP contribution in [0.3, 0.4) is 0 Å². The summed E-state index contributed by atoms with van der Waals surface area (Å²) < 4.78 is 28.8. The quantitative estimate of drug-likeness (QED) is 0.677. The highest BCUT2D eigenvalue weighted by Crippen LogP contribution is 2.29. The maximum atomic E-state index is 12.2. The maximum absolute atomic E-state index is 12.2. The van der Waals surface area contributed by atoms with E-state index in [0.717, 1.165) is 18.2 Å². The van der Waals surface area contributed by atoms with Gasteiger partial charge in [0.15, 0.2) is 0 Å². The molecule has 0 spiro atoms. The predicted octanol–water partition coefficient (Wildman–Crippen LogP) is 2.07. The molecule has 0 saturated heterocycles. The third-order valence-electron chi connectivity index (χ3n) is 2.22. The third-order valence-corrected chi connectivity index (χ3v) is 2.22. The number of halogens is 2. The number of nitro groups is 1. The Hall–Kier alpha value is -2.78. The van der Waals surface area contributed by atoms with Gasteiger partial charge in [-0.3, -0.25) is 10.1 Å². The first-order chi connectivity index (χ1) is 8.90. The molecule has 100 valence electrons. The number of carboxylic acid groups (broad SMARTS) is 1. The number of aromatic nitrogens is 2. The molecule has 0 radical (unpaired) electrons. The number of fused-ring (bicyclic) bond motifs is 1. The lowest BCUT2D eigenvalue weighted by Gasteiger charge is -1.99. The Morgan fingerprint density at radius 1 is 1.53 bits per heavy atom. The molecule has 0 amide bonds. The van der Waals surface area contributed by atoms with Gasteiger partial charge in [0.25, 0.3) is 5.69 Å². The third kappa shape index (κ3) is 2.27. The Balaban J connectivity index is 2.68. The minimum absolute atomic E-state index is 0.0891. The minimum atomic E-state index is -3.22. The van der Waals surface area contributed by atoms with Crippen LogP contribution < -0.4 is 4.74 Å². The number of carbonyl (C=O) groups is 1. The summed E-state index contributed by atoms with van der Waals surface area (Å²) in [5.74, 6) is -0.684. The summed E-state index contributed by atoms with van der Waals surface area (Å²) in [6.07, 6.45) is -1.53. The van der Waals surface area contributed by atoms with Crippen molar-refractivity contribution in [3.63, 3.8) is 0 Å². The normalized spacial score (nSPS) is 10.9. The van der Waals surface area contributed by atoms with Gasteiger partial charge in [-0.1, -0.05) is 0 Å². The van der Waals surface area contributed by atoms with Crippen LogP contribution in [0.2, 0.25) is 0 Å². The van der Waals surface area contributed by atoms with Gasteiger partial charge < -0.3 is 9.84 Å². The van der Waals surface area contributed by atoms with Gasteiger partial charge in [0.2, 0.25) is 5.88 Å². The summed E-state index contributed by atoms with van der Waals surface area (Å²) in [6, 6.07) is 3.04. The van der Waals surface area contributed by atoms with Crippen LogP contribution in [-0.4, -0.2) is 32.5 Å². The summed E-state index contributed by atoms with van der Waals surface area (Å²) in [7, 11) is 0. The molecule has 0 unspecified atom stereocenters. The van der Waals surface area contributed by atoms with E-state index in [1.165, 1.54) is 0 Å². The van der Waals surface area contributed by atoms with E-state index in [2.05, 4.69) is 9.84 Å². The molecule has 2 rings (SSSR count). The zero-order valence-electron chi connectivity index (χ0n) is 8.99. The SMILES string of the molecule is O=C(O)n1nc(OC(F)F)c2cc([N+](=O)[O-])ccc21. The summed E-state index contributed by atoms with van der Waals surface area (Å²) >= 11 is 0. The maximum Gasteiger partial charge on any atom is 0.432 e. The Morgan fingerprint density at radius 3 is 2.74 bits per heavy atom. The molecule has 19 heavy (non-hydrogen) atoms. The van der Waals surface area contributed by atoms with E-state index in [4.69, 9.17) is 5.11 Å². The van der Waals surface area contributed by atoms with E-state index in [-0.39, 0.29) is 10.9 Å². The van der Waals surface area contributed by atoms with Gasteiger partial charge in [-0.05, 0) is 6.07 Å². The highest BCUT2D eigenvalue weighted by molar-refractivity contribution is 5.92. The molecular formula is C9H5F2N3O5. The molecule has 1 N–H and O–H groups in total. The zero-order chi connectivity index (χ0) is 14.2. The van der Waals surface area contributed by atoms with Gasteiger partial charge in [-0.25, -0.2) is 4.79 Å². The van der Waals surface area contributed by atoms with E-state index in [0.29, 0.717) is 4.68 Å². The van der Waals surface area contributed by atoms with E-state index >= 15 is 0 Å². The monoisotopic (exact) mass is 273 g/mol. The second-order valence-corrected chi connectivity index (χ2v) is 3.34. The van der Waals surface area contributed by atoms with Crippen molar-refractivity contribution in [2.45, 2.75) is 6.61 Å². The number of rotatable bonds is 3. The number of hydrogen-bond acceptors (Lipinski definition) is 5. The number of alkyl halides is 2. The molecule has 10 heteroatoms.